The van der Waals surface area contributed by atoms with Crippen molar-refractivity contribution in [3.8, 4) is 0 Å². The molecule has 1 spiro atoms. The minimum absolute atomic E-state index is 0.0629. The van der Waals surface area contributed by atoms with Crippen molar-refractivity contribution in [3.05, 3.63) is 35.9 Å². The van der Waals surface area contributed by atoms with Gasteiger partial charge in [-0.1, -0.05) is 43.2 Å². The lowest BCUT2D eigenvalue weighted by atomic mass is 9.97. The summed E-state index contributed by atoms with van der Waals surface area (Å²) >= 11 is 0. The summed E-state index contributed by atoms with van der Waals surface area (Å²) in [6.07, 6.45) is 5.28. The van der Waals surface area contributed by atoms with E-state index in [9.17, 15) is 8.42 Å². The number of ether oxygens (including phenoxy) is 1. The van der Waals surface area contributed by atoms with Crippen molar-refractivity contribution in [2.24, 2.45) is 0 Å². The van der Waals surface area contributed by atoms with E-state index in [2.05, 4.69) is 9.44 Å². The van der Waals surface area contributed by atoms with Gasteiger partial charge >= 0.3 is 0 Å². The lowest BCUT2D eigenvalue weighted by Crippen LogP contribution is -2.43. The highest BCUT2D eigenvalue weighted by Crippen LogP contribution is 2.40. The van der Waals surface area contributed by atoms with Gasteiger partial charge in [-0.05, 0) is 24.8 Å². The summed E-state index contributed by atoms with van der Waals surface area (Å²) in [5.41, 5.74) is 0.880. The average Bonchev–Trinajstić information content (AvgIpc) is 3.08. The summed E-state index contributed by atoms with van der Waals surface area (Å²) in [6, 6.07) is 9.38. The first-order valence-electron chi connectivity index (χ1n) is 7.52. The van der Waals surface area contributed by atoms with Gasteiger partial charge in [0.25, 0.3) is 10.2 Å². The third kappa shape index (κ3) is 3.83. The fourth-order valence-corrected chi connectivity index (χ4v) is 4.35. The normalized spacial score (nSPS) is 24.7. The van der Waals surface area contributed by atoms with Crippen molar-refractivity contribution in [1.29, 1.82) is 0 Å². The van der Waals surface area contributed by atoms with Gasteiger partial charge < -0.3 is 4.74 Å². The van der Waals surface area contributed by atoms with Crippen molar-refractivity contribution >= 4 is 10.2 Å². The van der Waals surface area contributed by atoms with Crippen LogP contribution in [-0.2, 0) is 21.5 Å². The van der Waals surface area contributed by atoms with Crippen LogP contribution in [-0.4, -0.2) is 26.7 Å². The van der Waals surface area contributed by atoms with Gasteiger partial charge in [-0.25, -0.2) is 0 Å². The van der Waals surface area contributed by atoms with E-state index in [0.29, 0.717) is 13.2 Å². The standard InChI is InChI=1S/C15H22N2O3S/c18-21(19,16-11-13-6-2-1-3-7-13)17-14-10-15(20-12-14)8-4-5-9-15/h1-3,6-7,14,16-17H,4-5,8-12H2/t14-/m1/s1. The van der Waals surface area contributed by atoms with Crippen molar-refractivity contribution in [2.45, 2.75) is 50.3 Å². The topological polar surface area (TPSA) is 67.4 Å². The summed E-state index contributed by atoms with van der Waals surface area (Å²) in [5.74, 6) is 0. The zero-order valence-electron chi connectivity index (χ0n) is 12.0. The molecular formula is C15H22N2O3S. The molecule has 1 aromatic rings. The van der Waals surface area contributed by atoms with Crippen molar-refractivity contribution in [1.82, 2.24) is 9.44 Å². The zero-order valence-corrected chi connectivity index (χ0v) is 12.9. The van der Waals surface area contributed by atoms with Gasteiger partial charge in [-0.15, -0.1) is 0 Å². The molecule has 21 heavy (non-hydrogen) atoms. The van der Waals surface area contributed by atoms with Crippen molar-refractivity contribution in [2.75, 3.05) is 6.61 Å². The molecule has 0 radical (unpaired) electrons. The molecule has 1 aliphatic heterocycles. The maximum Gasteiger partial charge on any atom is 0.277 e. The smallest absolute Gasteiger partial charge is 0.277 e. The molecule has 2 fully saturated rings. The Bertz CT molecular complexity index is 568. The Kier molecular flexibility index (Phi) is 4.31. The Morgan fingerprint density at radius 2 is 1.90 bits per heavy atom. The van der Waals surface area contributed by atoms with Crippen LogP contribution >= 0.6 is 0 Å². The highest BCUT2D eigenvalue weighted by atomic mass is 32.2. The molecule has 3 rings (SSSR count). The second-order valence-corrected chi connectivity index (χ2v) is 7.56. The highest BCUT2D eigenvalue weighted by Gasteiger charge is 2.43. The Morgan fingerprint density at radius 1 is 1.19 bits per heavy atom. The predicted octanol–water partition coefficient (Wildman–Crippen LogP) is 1.71. The molecule has 0 unspecified atom stereocenters. The van der Waals surface area contributed by atoms with Crippen molar-refractivity contribution in [3.63, 3.8) is 0 Å². The first-order chi connectivity index (χ1) is 10.1. The molecule has 1 saturated carbocycles. The largest absolute Gasteiger partial charge is 0.373 e. The molecule has 1 atom stereocenters. The molecule has 1 aromatic carbocycles. The second-order valence-electron chi connectivity index (χ2n) is 6.03. The first kappa shape index (κ1) is 15.0. The molecule has 0 amide bonds. The summed E-state index contributed by atoms with van der Waals surface area (Å²) in [6.45, 7) is 0.779. The summed E-state index contributed by atoms with van der Waals surface area (Å²) in [7, 11) is -3.49. The van der Waals surface area contributed by atoms with Gasteiger partial charge in [0.15, 0.2) is 0 Å². The summed E-state index contributed by atoms with van der Waals surface area (Å²) in [5, 5.41) is 0. The number of hydrogen-bond donors (Lipinski definition) is 2. The van der Waals surface area contributed by atoms with Crippen LogP contribution in [0.4, 0.5) is 0 Å². The van der Waals surface area contributed by atoms with Crippen LogP contribution in [0.25, 0.3) is 0 Å². The van der Waals surface area contributed by atoms with Crippen LogP contribution in [0.15, 0.2) is 30.3 Å². The lowest BCUT2D eigenvalue weighted by Gasteiger charge is -2.21. The third-order valence-electron chi connectivity index (χ3n) is 4.35. The van der Waals surface area contributed by atoms with Crippen LogP contribution in [0.5, 0.6) is 0 Å². The molecule has 1 heterocycles. The van der Waals surface area contributed by atoms with E-state index in [4.69, 9.17) is 4.74 Å². The Hall–Kier alpha value is -0.950. The SMILES string of the molecule is O=S(=O)(NCc1ccccc1)N[C@H]1COC2(CCCC2)C1. The Labute approximate surface area is 126 Å². The number of rotatable bonds is 5. The predicted molar refractivity (Wildman–Crippen MR) is 80.9 cm³/mol. The van der Waals surface area contributed by atoms with Gasteiger partial charge in [-0.3, -0.25) is 0 Å². The third-order valence-corrected chi connectivity index (χ3v) is 5.52. The monoisotopic (exact) mass is 310 g/mol. The number of hydrogen-bond acceptors (Lipinski definition) is 3. The van der Waals surface area contributed by atoms with Crippen molar-refractivity contribution < 1.29 is 13.2 Å². The van der Waals surface area contributed by atoms with E-state index < -0.39 is 10.2 Å². The van der Waals surface area contributed by atoms with E-state index in [0.717, 1.165) is 24.8 Å². The average molecular weight is 310 g/mol. The minimum Gasteiger partial charge on any atom is -0.373 e. The fraction of sp³-hybridized carbons (Fsp3) is 0.600. The van der Waals surface area contributed by atoms with Gasteiger partial charge in [0.2, 0.25) is 0 Å². The molecule has 2 aliphatic rings. The maximum atomic E-state index is 12.1. The van der Waals surface area contributed by atoms with Crippen LogP contribution in [0.1, 0.15) is 37.7 Å². The van der Waals surface area contributed by atoms with Gasteiger partial charge in [0.05, 0.1) is 12.2 Å². The first-order valence-corrected chi connectivity index (χ1v) is 9.00. The van der Waals surface area contributed by atoms with Crippen LogP contribution in [0, 0.1) is 0 Å². The van der Waals surface area contributed by atoms with Crippen LogP contribution < -0.4 is 9.44 Å². The van der Waals surface area contributed by atoms with Gasteiger partial charge in [0.1, 0.15) is 0 Å². The van der Waals surface area contributed by atoms with Crippen LogP contribution in [0.2, 0.25) is 0 Å². The molecular weight excluding hydrogens is 288 g/mol. The molecule has 2 N–H and O–H groups in total. The summed E-state index contributed by atoms with van der Waals surface area (Å²) in [4.78, 5) is 0. The van der Waals surface area contributed by atoms with E-state index in [-0.39, 0.29) is 11.6 Å². The van der Waals surface area contributed by atoms with Gasteiger partial charge in [-0.2, -0.15) is 17.9 Å². The molecule has 0 bridgehead atoms. The van der Waals surface area contributed by atoms with E-state index >= 15 is 0 Å². The molecule has 1 aliphatic carbocycles. The maximum absolute atomic E-state index is 12.1. The number of nitrogens with one attached hydrogen (secondary N) is 2. The minimum atomic E-state index is -3.49. The molecule has 0 aromatic heterocycles. The number of benzene rings is 1. The van der Waals surface area contributed by atoms with Gasteiger partial charge in [0, 0.05) is 12.6 Å². The molecule has 116 valence electrons. The fourth-order valence-electron chi connectivity index (χ4n) is 3.32. The lowest BCUT2D eigenvalue weighted by molar-refractivity contribution is 0.0101. The van der Waals surface area contributed by atoms with E-state index in [1.54, 1.807) is 0 Å². The highest BCUT2D eigenvalue weighted by molar-refractivity contribution is 7.87. The molecule has 5 nitrogen and oxygen atoms in total. The zero-order chi connectivity index (χ0) is 14.8. The van der Waals surface area contributed by atoms with Crippen LogP contribution in [0.3, 0.4) is 0 Å². The Morgan fingerprint density at radius 3 is 2.62 bits per heavy atom. The molecule has 6 heteroatoms. The quantitative estimate of drug-likeness (QED) is 0.870. The van der Waals surface area contributed by atoms with E-state index in [1.165, 1.54) is 12.8 Å². The second kappa shape index (κ2) is 6.04. The molecule has 1 saturated heterocycles. The Balaban J connectivity index is 1.52. The van der Waals surface area contributed by atoms with E-state index in [1.807, 2.05) is 30.3 Å². The summed E-state index contributed by atoms with van der Waals surface area (Å²) < 4.78 is 35.3.